The average Bonchev–Trinajstić information content (AvgIpc) is 2.77. The van der Waals surface area contributed by atoms with Gasteiger partial charge < -0.3 is 19.1 Å². The highest BCUT2D eigenvalue weighted by atomic mass is 16.5. The van der Waals surface area contributed by atoms with E-state index in [1.165, 1.54) is 12.0 Å². The van der Waals surface area contributed by atoms with E-state index in [9.17, 15) is 4.79 Å². The Kier molecular flexibility index (Phi) is 7.39. The average molecular weight is 398 g/mol. The quantitative estimate of drug-likeness (QED) is 0.646. The Labute approximate surface area is 173 Å². The van der Waals surface area contributed by atoms with Crippen molar-refractivity contribution in [1.82, 2.24) is 4.90 Å². The number of hydrogen-bond donors (Lipinski definition) is 0. The highest BCUT2D eigenvalue weighted by molar-refractivity contribution is 5.94. The molecule has 1 heterocycles. The molecule has 0 aliphatic carbocycles. The molecule has 0 saturated carbocycles. The lowest BCUT2D eigenvalue weighted by atomic mass is 9.95. The molecule has 29 heavy (non-hydrogen) atoms. The lowest BCUT2D eigenvalue weighted by molar-refractivity contribution is 0.0601. The number of piperidine rings is 1. The molecular weight excluding hydrogens is 366 g/mol. The van der Waals surface area contributed by atoms with Crippen LogP contribution in [0.25, 0.3) is 0 Å². The predicted molar refractivity (Wildman–Crippen MR) is 114 cm³/mol. The summed E-state index contributed by atoms with van der Waals surface area (Å²) in [5, 5.41) is 0. The monoisotopic (exact) mass is 397 g/mol. The number of aryl methyl sites for hydroxylation is 1. The molecule has 156 valence electrons. The fourth-order valence-electron chi connectivity index (χ4n) is 3.99. The molecule has 2 aromatic rings. The second-order valence-electron chi connectivity index (χ2n) is 7.34. The Balaban J connectivity index is 1.69. The largest absolute Gasteiger partial charge is 0.494 e. The second kappa shape index (κ2) is 10.2. The van der Waals surface area contributed by atoms with Gasteiger partial charge in [-0.05, 0) is 74.9 Å². The van der Waals surface area contributed by atoms with Crippen molar-refractivity contribution in [1.29, 1.82) is 0 Å². The molecule has 1 atom stereocenters. The fraction of sp³-hybridized carbons (Fsp3) is 0.458. The van der Waals surface area contributed by atoms with Crippen molar-refractivity contribution in [2.45, 2.75) is 45.1 Å². The zero-order chi connectivity index (χ0) is 20.6. The van der Waals surface area contributed by atoms with Gasteiger partial charge in [0.05, 0.1) is 20.8 Å². The number of carbonyl (C=O) groups is 1. The summed E-state index contributed by atoms with van der Waals surface area (Å²) in [6.45, 7) is 3.35. The van der Waals surface area contributed by atoms with E-state index in [1.54, 1.807) is 14.2 Å². The van der Waals surface area contributed by atoms with Gasteiger partial charge in [0.1, 0.15) is 5.75 Å². The van der Waals surface area contributed by atoms with Gasteiger partial charge in [0.25, 0.3) is 5.91 Å². The molecule has 1 aliphatic rings. The first-order valence-electron chi connectivity index (χ1n) is 10.4. The molecule has 2 aromatic carbocycles. The van der Waals surface area contributed by atoms with Gasteiger partial charge in [0.2, 0.25) is 0 Å². The SMILES string of the molecule is CCOc1cccc(C(=O)N2CCCCC2CCc2ccc(OC)c(OC)c2)c1. The van der Waals surface area contributed by atoms with Crippen LogP contribution in [0.5, 0.6) is 17.2 Å². The summed E-state index contributed by atoms with van der Waals surface area (Å²) in [4.78, 5) is 15.2. The zero-order valence-corrected chi connectivity index (χ0v) is 17.6. The second-order valence-corrected chi connectivity index (χ2v) is 7.34. The Morgan fingerprint density at radius 3 is 2.66 bits per heavy atom. The number of benzene rings is 2. The molecule has 1 fully saturated rings. The third-order valence-electron chi connectivity index (χ3n) is 5.49. The molecular formula is C24H31NO4. The van der Waals surface area contributed by atoms with Crippen LogP contribution >= 0.6 is 0 Å². The molecule has 0 N–H and O–H groups in total. The van der Waals surface area contributed by atoms with E-state index in [4.69, 9.17) is 14.2 Å². The Hall–Kier alpha value is -2.69. The number of rotatable bonds is 8. The van der Waals surface area contributed by atoms with Gasteiger partial charge in [-0.25, -0.2) is 0 Å². The first-order chi connectivity index (χ1) is 14.2. The first-order valence-corrected chi connectivity index (χ1v) is 10.4. The standard InChI is InChI=1S/C24H31NO4/c1-4-29-21-10-7-8-19(17-21)24(26)25-15-6-5-9-20(25)13-11-18-12-14-22(27-2)23(16-18)28-3/h7-8,10,12,14,16-17,20H,4-6,9,11,13,15H2,1-3H3. The zero-order valence-electron chi connectivity index (χ0n) is 17.6. The molecule has 0 radical (unpaired) electrons. The highest BCUT2D eigenvalue weighted by Crippen LogP contribution is 2.29. The van der Waals surface area contributed by atoms with E-state index in [0.29, 0.717) is 12.2 Å². The van der Waals surface area contributed by atoms with Crippen LogP contribution in [0.4, 0.5) is 0 Å². The summed E-state index contributed by atoms with van der Waals surface area (Å²) < 4.78 is 16.3. The molecule has 1 saturated heterocycles. The fourth-order valence-corrected chi connectivity index (χ4v) is 3.99. The summed E-state index contributed by atoms with van der Waals surface area (Å²) in [7, 11) is 3.29. The minimum Gasteiger partial charge on any atom is -0.494 e. The number of methoxy groups -OCH3 is 2. The van der Waals surface area contributed by atoms with Crippen molar-refractivity contribution in [3.63, 3.8) is 0 Å². The van der Waals surface area contributed by atoms with Crippen molar-refractivity contribution >= 4 is 5.91 Å². The van der Waals surface area contributed by atoms with Crippen LogP contribution in [0.1, 0.15) is 48.5 Å². The maximum atomic E-state index is 13.2. The van der Waals surface area contributed by atoms with Gasteiger partial charge in [-0.15, -0.1) is 0 Å². The van der Waals surface area contributed by atoms with Crippen LogP contribution < -0.4 is 14.2 Å². The summed E-state index contributed by atoms with van der Waals surface area (Å²) in [5.74, 6) is 2.33. The molecule has 0 aromatic heterocycles. The summed E-state index contributed by atoms with van der Waals surface area (Å²) in [6, 6.07) is 13.8. The maximum Gasteiger partial charge on any atom is 0.254 e. The maximum absolute atomic E-state index is 13.2. The van der Waals surface area contributed by atoms with E-state index in [1.807, 2.05) is 43.3 Å². The van der Waals surface area contributed by atoms with Crippen molar-refractivity contribution < 1.29 is 19.0 Å². The highest BCUT2D eigenvalue weighted by Gasteiger charge is 2.27. The van der Waals surface area contributed by atoms with Crippen molar-refractivity contribution in [3.8, 4) is 17.2 Å². The topological polar surface area (TPSA) is 48.0 Å². The first kappa shape index (κ1) is 21.0. The molecule has 0 bridgehead atoms. The number of likely N-dealkylation sites (tertiary alicyclic amines) is 1. The van der Waals surface area contributed by atoms with Crippen molar-refractivity contribution in [2.24, 2.45) is 0 Å². The van der Waals surface area contributed by atoms with Gasteiger partial charge in [0.15, 0.2) is 11.5 Å². The molecule has 3 rings (SSSR count). The summed E-state index contributed by atoms with van der Waals surface area (Å²) in [6.07, 6.45) is 5.10. The van der Waals surface area contributed by atoms with E-state index in [0.717, 1.165) is 49.5 Å². The van der Waals surface area contributed by atoms with Gasteiger partial charge in [-0.1, -0.05) is 12.1 Å². The Morgan fingerprint density at radius 2 is 1.90 bits per heavy atom. The Bertz CT molecular complexity index is 820. The lowest BCUT2D eigenvalue weighted by Crippen LogP contribution is -2.44. The molecule has 0 spiro atoms. The molecule has 5 nitrogen and oxygen atoms in total. The smallest absolute Gasteiger partial charge is 0.254 e. The normalized spacial score (nSPS) is 16.4. The van der Waals surface area contributed by atoms with Gasteiger partial charge in [0, 0.05) is 18.2 Å². The van der Waals surface area contributed by atoms with E-state index >= 15 is 0 Å². The van der Waals surface area contributed by atoms with Crippen LogP contribution in [0.15, 0.2) is 42.5 Å². The van der Waals surface area contributed by atoms with E-state index < -0.39 is 0 Å². The number of ether oxygens (including phenoxy) is 3. The predicted octanol–water partition coefficient (Wildman–Crippen LogP) is 4.73. The van der Waals surface area contributed by atoms with Crippen LogP contribution in [-0.2, 0) is 6.42 Å². The minimum absolute atomic E-state index is 0.101. The lowest BCUT2D eigenvalue weighted by Gasteiger charge is -2.36. The van der Waals surface area contributed by atoms with Crippen molar-refractivity contribution in [3.05, 3.63) is 53.6 Å². The van der Waals surface area contributed by atoms with Crippen LogP contribution in [0.3, 0.4) is 0 Å². The summed E-state index contributed by atoms with van der Waals surface area (Å²) >= 11 is 0. The molecule has 1 aliphatic heterocycles. The molecule has 1 unspecified atom stereocenters. The third kappa shape index (κ3) is 5.22. The molecule has 5 heteroatoms. The van der Waals surface area contributed by atoms with Gasteiger partial charge in [-0.3, -0.25) is 4.79 Å². The number of amides is 1. The summed E-state index contributed by atoms with van der Waals surface area (Å²) in [5.41, 5.74) is 1.90. The number of carbonyl (C=O) groups excluding carboxylic acids is 1. The minimum atomic E-state index is 0.101. The Morgan fingerprint density at radius 1 is 1.07 bits per heavy atom. The van der Waals surface area contributed by atoms with E-state index in [-0.39, 0.29) is 11.9 Å². The van der Waals surface area contributed by atoms with Gasteiger partial charge in [-0.2, -0.15) is 0 Å². The van der Waals surface area contributed by atoms with E-state index in [2.05, 4.69) is 11.0 Å². The number of hydrogen-bond acceptors (Lipinski definition) is 4. The van der Waals surface area contributed by atoms with Crippen LogP contribution in [0, 0.1) is 0 Å². The number of nitrogens with zero attached hydrogens (tertiary/aromatic N) is 1. The van der Waals surface area contributed by atoms with Gasteiger partial charge >= 0.3 is 0 Å². The third-order valence-corrected chi connectivity index (χ3v) is 5.49. The van der Waals surface area contributed by atoms with Crippen molar-refractivity contribution in [2.75, 3.05) is 27.4 Å². The van der Waals surface area contributed by atoms with Crippen LogP contribution in [-0.4, -0.2) is 44.2 Å². The molecule has 1 amide bonds. The van der Waals surface area contributed by atoms with Crippen LogP contribution in [0.2, 0.25) is 0 Å².